The smallest absolute Gasteiger partial charge is 0.191 e. The van der Waals surface area contributed by atoms with Crippen molar-refractivity contribution in [1.82, 2.24) is 25.4 Å². The predicted octanol–water partition coefficient (Wildman–Crippen LogP) is 1.79. The van der Waals surface area contributed by atoms with Gasteiger partial charge in [0.2, 0.25) is 0 Å². The first-order chi connectivity index (χ1) is 12.0. The molecule has 136 valence electrons. The fourth-order valence-corrected chi connectivity index (χ4v) is 2.20. The number of nitrogens with one attached hydrogen (secondary N) is 2. The molecule has 0 spiro atoms. The van der Waals surface area contributed by atoms with Crippen LogP contribution in [0.5, 0.6) is 5.75 Å². The van der Waals surface area contributed by atoms with E-state index in [9.17, 15) is 4.39 Å². The van der Waals surface area contributed by atoms with E-state index in [1.54, 1.807) is 19.2 Å². The number of hydrogen-bond donors (Lipinski definition) is 2. The number of hydrogen-bond acceptors (Lipinski definition) is 4. The second-order valence-electron chi connectivity index (χ2n) is 5.63. The molecule has 7 nitrogen and oxygen atoms in total. The van der Waals surface area contributed by atoms with Gasteiger partial charge in [0.1, 0.15) is 23.5 Å². The third-order valence-corrected chi connectivity index (χ3v) is 3.87. The predicted molar refractivity (Wildman–Crippen MR) is 95.0 cm³/mol. The van der Waals surface area contributed by atoms with E-state index < -0.39 is 0 Å². The molecule has 0 radical (unpaired) electrons. The third kappa shape index (κ3) is 5.44. The second kappa shape index (κ2) is 9.00. The van der Waals surface area contributed by atoms with E-state index in [2.05, 4.69) is 25.8 Å². The number of aliphatic imine (C=N–C) groups is 1. The Morgan fingerprint density at radius 1 is 1.36 bits per heavy atom. The standard InChI is InChI=1S/C17H25FN6O/c1-5-14(25-15-8-6-7-13(18)9-15)10-20-17(19-3)21-11-16-23-22-12(2)24(16)4/h6-9,14H,5,10-11H2,1-4H3,(H2,19,20,21). The van der Waals surface area contributed by atoms with Gasteiger partial charge in [0.05, 0.1) is 13.1 Å². The van der Waals surface area contributed by atoms with Crippen LogP contribution in [0.2, 0.25) is 0 Å². The summed E-state index contributed by atoms with van der Waals surface area (Å²) in [4.78, 5) is 4.19. The number of aryl methyl sites for hydroxylation is 1. The van der Waals surface area contributed by atoms with Crippen LogP contribution >= 0.6 is 0 Å². The van der Waals surface area contributed by atoms with Crippen molar-refractivity contribution >= 4 is 5.96 Å². The molecule has 0 fully saturated rings. The molecule has 0 bridgehead atoms. The lowest BCUT2D eigenvalue weighted by Gasteiger charge is -2.20. The van der Waals surface area contributed by atoms with Gasteiger partial charge >= 0.3 is 0 Å². The lowest BCUT2D eigenvalue weighted by atomic mass is 10.2. The summed E-state index contributed by atoms with van der Waals surface area (Å²) in [7, 11) is 3.62. The number of halogens is 1. The molecule has 0 aliphatic rings. The maximum atomic E-state index is 13.2. The summed E-state index contributed by atoms with van der Waals surface area (Å²) in [6, 6.07) is 6.15. The van der Waals surface area contributed by atoms with Crippen molar-refractivity contribution < 1.29 is 9.13 Å². The largest absolute Gasteiger partial charge is 0.489 e. The lowest BCUT2D eigenvalue weighted by Crippen LogP contribution is -2.42. The van der Waals surface area contributed by atoms with Gasteiger partial charge in [-0.1, -0.05) is 13.0 Å². The molecular weight excluding hydrogens is 323 g/mol. The summed E-state index contributed by atoms with van der Waals surface area (Å²) >= 11 is 0. The quantitative estimate of drug-likeness (QED) is 0.589. The topological polar surface area (TPSA) is 76.4 Å². The number of guanidine groups is 1. The highest BCUT2D eigenvalue weighted by Gasteiger charge is 2.11. The van der Waals surface area contributed by atoms with Crippen molar-refractivity contribution in [2.45, 2.75) is 32.9 Å². The van der Waals surface area contributed by atoms with E-state index in [0.29, 0.717) is 24.8 Å². The summed E-state index contributed by atoms with van der Waals surface area (Å²) < 4.78 is 21.0. The average Bonchev–Trinajstić information content (AvgIpc) is 2.92. The van der Waals surface area contributed by atoms with Gasteiger partial charge in [-0.05, 0) is 25.5 Å². The molecule has 0 aliphatic carbocycles. The Labute approximate surface area is 147 Å². The molecule has 1 aromatic heterocycles. The fourth-order valence-electron chi connectivity index (χ4n) is 2.20. The Hall–Kier alpha value is -2.64. The molecule has 2 rings (SSSR count). The maximum Gasteiger partial charge on any atom is 0.191 e. The Kier molecular flexibility index (Phi) is 6.73. The molecule has 8 heteroatoms. The first-order valence-corrected chi connectivity index (χ1v) is 8.25. The Morgan fingerprint density at radius 3 is 2.76 bits per heavy atom. The Balaban J connectivity index is 1.84. The monoisotopic (exact) mass is 348 g/mol. The van der Waals surface area contributed by atoms with Crippen LogP contribution in [0.4, 0.5) is 4.39 Å². The third-order valence-electron chi connectivity index (χ3n) is 3.87. The Bertz CT molecular complexity index is 715. The summed E-state index contributed by atoms with van der Waals surface area (Å²) in [5.41, 5.74) is 0. The van der Waals surface area contributed by atoms with Crippen molar-refractivity contribution in [1.29, 1.82) is 0 Å². The van der Waals surface area contributed by atoms with Crippen LogP contribution in [0.1, 0.15) is 25.0 Å². The van der Waals surface area contributed by atoms with Gasteiger partial charge in [0, 0.05) is 20.2 Å². The van der Waals surface area contributed by atoms with Crippen LogP contribution in [0.15, 0.2) is 29.3 Å². The van der Waals surface area contributed by atoms with Gasteiger partial charge in [-0.3, -0.25) is 4.99 Å². The first-order valence-electron chi connectivity index (χ1n) is 8.25. The zero-order valence-corrected chi connectivity index (χ0v) is 15.1. The SMILES string of the molecule is CCC(CNC(=NC)NCc1nnc(C)n1C)Oc1cccc(F)c1. The van der Waals surface area contributed by atoms with Crippen LogP contribution < -0.4 is 15.4 Å². The molecule has 1 atom stereocenters. The fraction of sp³-hybridized carbons (Fsp3) is 0.471. The van der Waals surface area contributed by atoms with Crippen LogP contribution in [0, 0.1) is 12.7 Å². The highest BCUT2D eigenvalue weighted by Crippen LogP contribution is 2.14. The normalized spacial score (nSPS) is 12.8. The van der Waals surface area contributed by atoms with Crippen molar-refractivity contribution in [2.24, 2.45) is 12.0 Å². The molecule has 25 heavy (non-hydrogen) atoms. The van der Waals surface area contributed by atoms with Crippen LogP contribution in [-0.2, 0) is 13.6 Å². The van der Waals surface area contributed by atoms with Crippen LogP contribution in [0.3, 0.4) is 0 Å². The van der Waals surface area contributed by atoms with Crippen molar-refractivity contribution in [3.63, 3.8) is 0 Å². The van der Waals surface area contributed by atoms with E-state index in [4.69, 9.17) is 4.74 Å². The van der Waals surface area contributed by atoms with Crippen molar-refractivity contribution in [3.8, 4) is 5.75 Å². The van der Waals surface area contributed by atoms with Gasteiger partial charge in [-0.2, -0.15) is 0 Å². The zero-order chi connectivity index (χ0) is 18.2. The van der Waals surface area contributed by atoms with Crippen molar-refractivity contribution in [3.05, 3.63) is 41.7 Å². The molecule has 1 aromatic carbocycles. The molecular formula is C17H25FN6O. The number of aromatic nitrogens is 3. The highest BCUT2D eigenvalue weighted by molar-refractivity contribution is 5.79. The summed E-state index contributed by atoms with van der Waals surface area (Å²) in [5.74, 6) is 2.53. The second-order valence-corrected chi connectivity index (χ2v) is 5.63. The number of benzene rings is 1. The lowest BCUT2D eigenvalue weighted by molar-refractivity contribution is 0.198. The van der Waals surface area contributed by atoms with Gasteiger partial charge < -0.3 is 19.9 Å². The van der Waals surface area contributed by atoms with E-state index >= 15 is 0 Å². The van der Waals surface area contributed by atoms with Crippen LogP contribution in [0.25, 0.3) is 0 Å². The zero-order valence-electron chi connectivity index (χ0n) is 15.1. The van der Waals surface area contributed by atoms with Crippen molar-refractivity contribution in [2.75, 3.05) is 13.6 Å². The number of ether oxygens (including phenoxy) is 1. The Morgan fingerprint density at radius 2 is 2.16 bits per heavy atom. The number of rotatable bonds is 7. The van der Waals surface area contributed by atoms with E-state index in [-0.39, 0.29) is 11.9 Å². The molecule has 0 aliphatic heterocycles. The van der Waals surface area contributed by atoms with Crippen LogP contribution in [-0.4, -0.2) is 40.4 Å². The molecule has 2 N–H and O–H groups in total. The van der Waals surface area contributed by atoms with Gasteiger partial charge in [-0.15, -0.1) is 10.2 Å². The average molecular weight is 348 g/mol. The summed E-state index contributed by atoms with van der Waals surface area (Å²) in [5, 5.41) is 14.5. The number of nitrogens with zero attached hydrogens (tertiary/aromatic N) is 4. The minimum absolute atomic E-state index is 0.0996. The van der Waals surface area contributed by atoms with E-state index in [1.807, 2.05) is 25.5 Å². The van der Waals surface area contributed by atoms with E-state index in [0.717, 1.165) is 18.1 Å². The minimum atomic E-state index is -0.309. The minimum Gasteiger partial charge on any atom is -0.489 e. The molecule has 2 aromatic rings. The van der Waals surface area contributed by atoms with Gasteiger partial charge in [-0.25, -0.2) is 4.39 Å². The maximum absolute atomic E-state index is 13.2. The van der Waals surface area contributed by atoms with Gasteiger partial charge in [0.15, 0.2) is 11.8 Å². The molecule has 0 saturated carbocycles. The molecule has 1 unspecified atom stereocenters. The van der Waals surface area contributed by atoms with E-state index in [1.165, 1.54) is 12.1 Å². The molecule has 0 saturated heterocycles. The first kappa shape index (κ1) is 18.7. The molecule has 1 heterocycles. The van der Waals surface area contributed by atoms with Gasteiger partial charge in [0.25, 0.3) is 0 Å². The summed E-state index contributed by atoms with van der Waals surface area (Å²) in [6.07, 6.45) is 0.681. The molecule has 0 amide bonds. The summed E-state index contributed by atoms with van der Waals surface area (Å²) in [6.45, 7) is 4.98. The highest BCUT2D eigenvalue weighted by atomic mass is 19.1.